The lowest BCUT2D eigenvalue weighted by atomic mass is 10.1. The second-order valence-electron chi connectivity index (χ2n) is 5.90. The molecule has 4 nitrogen and oxygen atoms in total. The first-order valence-corrected chi connectivity index (χ1v) is 7.62. The minimum absolute atomic E-state index is 0.0645. The van der Waals surface area contributed by atoms with E-state index in [1.54, 1.807) is 6.07 Å². The molecule has 0 radical (unpaired) electrons. The normalized spacial score (nSPS) is 21.8. The Labute approximate surface area is 133 Å². The Balaban J connectivity index is 2.29. The third-order valence-electron chi connectivity index (χ3n) is 3.63. The number of hydrogen-bond acceptors (Lipinski definition) is 2. The lowest BCUT2D eigenvalue weighted by molar-refractivity contribution is -0.137. The van der Waals surface area contributed by atoms with Crippen LogP contribution in [0.4, 0.5) is 18.0 Å². The van der Waals surface area contributed by atoms with E-state index in [2.05, 4.69) is 5.32 Å². The van der Waals surface area contributed by atoms with Gasteiger partial charge in [-0.2, -0.15) is 13.2 Å². The zero-order valence-corrected chi connectivity index (χ0v) is 13.4. The molecule has 1 aliphatic rings. The fraction of sp³-hybridized carbons (Fsp3) is 0.562. The highest BCUT2D eigenvalue weighted by Gasteiger charge is 2.38. The van der Waals surface area contributed by atoms with Crippen LogP contribution in [0.1, 0.15) is 44.5 Å². The number of nitrogens with zero attached hydrogens (tertiary/aromatic N) is 1. The molecule has 2 unspecified atom stereocenters. The van der Waals surface area contributed by atoms with Gasteiger partial charge in [0.2, 0.25) is 0 Å². The van der Waals surface area contributed by atoms with Crippen molar-refractivity contribution in [3.05, 3.63) is 35.4 Å². The summed E-state index contributed by atoms with van der Waals surface area (Å²) in [5.74, 6) is 0. The van der Waals surface area contributed by atoms with Gasteiger partial charge in [-0.05, 0) is 32.4 Å². The molecule has 0 aliphatic carbocycles. The number of rotatable bonds is 3. The van der Waals surface area contributed by atoms with Crippen molar-refractivity contribution in [2.45, 2.75) is 51.7 Å². The van der Waals surface area contributed by atoms with Crippen molar-refractivity contribution in [3.63, 3.8) is 0 Å². The summed E-state index contributed by atoms with van der Waals surface area (Å²) < 4.78 is 44.5. The lowest BCUT2D eigenvalue weighted by Gasteiger charge is -2.25. The largest absolute Gasteiger partial charge is 0.416 e. The number of carbonyl (C=O) groups is 1. The summed E-state index contributed by atoms with van der Waals surface area (Å²) in [6.45, 7) is 5.92. The van der Waals surface area contributed by atoms with Gasteiger partial charge >= 0.3 is 12.2 Å². The van der Waals surface area contributed by atoms with Crippen molar-refractivity contribution in [1.29, 1.82) is 0 Å². The molecule has 1 saturated heterocycles. The molecule has 0 aromatic heterocycles. The quantitative estimate of drug-likeness (QED) is 0.912. The van der Waals surface area contributed by atoms with E-state index in [9.17, 15) is 18.0 Å². The molecule has 1 N–H and O–H groups in total. The van der Waals surface area contributed by atoms with Crippen molar-refractivity contribution >= 4 is 6.03 Å². The summed E-state index contributed by atoms with van der Waals surface area (Å²) in [6, 6.07) is 4.53. The van der Waals surface area contributed by atoms with Crippen molar-refractivity contribution in [3.8, 4) is 0 Å². The van der Waals surface area contributed by atoms with Gasteiger partial charge in [0, 0.05) is 11.6 Å². The molecular weight excluding hydrogens is 309 g/mol. The minimum Gasteiger partial charge on any atom is -0.349 e. The number of urea groups is 1. The maximum absolute atomic E-state index is 12.9. The molecule has 2 atom stereocenters. The molecule has 2 rings (SSSR count). The Bertz CT molecular complexity index is 561. The average Bonchev–Trinajstić information content (AvgIpc) is 2.90. The number of benzene rings is 1. The van der Waals surface area contributed by atoms with E-state index in [0.29, 0.717) is 18.5 Å². The van der Waals surface area contributed by atoms with E-state index in [4.69, 9.17) is 4.74 Å². The maximum Gasteiger partial charge on any atom is 0.416 e. The molecule has 1 aromatic carbocycles. The molecule has 0 saturated carbocycles. The average molecular weight is 330 g/mol. The van der Waals surface area contributed by atoms with Crippen molar-refractivity contribution in [2.24, 2.45) is 0 Å². The Morgan fingerprint density at radius 3 is 2.70 bits per heavy atom. The molecule has 1 aromatic rings. The minimum atomic E-state index is -4.43. The van der Waals surface area contributed by atoms with Crippen molar-refractivity contribution in [1.82, 2.24) is 10.2 Å². The van der Waals surface area contributed by atoms with Crippen LogP contribution in [0.5, 0.6) is 0 Å². The number of nitrogens with one attached hydrogen (secondary N) is 1. The van der Waals surface area contributed by atoms with Gasteiger partial charge in [0.1, 0.15) is 0 Å². The van der Waals surface area contributed by atoms with E-state index < -0.39 is 18.0 Å². The highest BCUT2D eigenvalue weighted by atomic mass is 19.4. The smallest absolute Gasteiger partial charge is 0.349 e. The van der Waals surface area contributed by atoms with Crippen LogP contribution in [-0.2, 0) is 10.9 Å². The first-order chi connectivity index (χ1) is 10.7. The Morgan fingerprint density at radius 1 is 1.43 bits per heavy atom. The van der Waals surface area contributed by atoms with Crippen LogP contribution in [-0.4, -0.2) is 29.6 Å². The summed E-state index contributed by atoms with van der Waals surface area (Å²) in [6.07, 6.45) is -4.74. The first-order valence-electron chi connectivity index (χ1n) is 7.62. The standard InChI is InChI=1S/C16H21F3N2O2/c1-4-13-9-21(15(22)20-10(2)3)14(23-13)11-6-5-7-12(8-11)16(17,18)19/h5-8,10,13-14H,4,9H2,1-3H3,(H,20,22). The van der Waals surface area contributed by atoms with Gasteiger partial charge < -0.3 is 10.1 Å². The van der Waals surface area contributed by atoms with Crippen LogP contribution in [0.25, 0.3) is 0 Å². The molecule has 128 valence electrons. The van der Waals surface area contributed by atoms with E-state index in [1.165, 1.54) is 11.0 Å². The van der Waals surface area contributed by atoms with Crippen LogP contribution in [0.15, 0.2) is 24.3 Å². The van der Waals surface area contributed by atoms with Crippen LogP contribution >= 0.6 is 0 Å². The van der Waals surface area contributed by atoms with Crippen LogP contribution in [0.3, 0.4) is 0 Å². The van der Waals surface area contributed by atoms with Gasteiger partial charge in [-0.3, -0.25) is 4.90 Å². The van der Waals surface area contributed by atoms with Gasteiger partial charge in [0.15, 0.2) is 6.23 Å². The predicted molar refractivity (Wildman–Crippen MR) is 79.7 cm³/mol. The summed E-state index contributed by atoms with van der Waals surface area (Å²) in [4.78, 5) is 13.7. The van der Waals surface area contributed by atoms with Crippen LogP contribution in [0, 0.1) is 0 Å². The lowest BCUT2D eigenvalue weighted by Crippen LogP contribution is -2.43. The van der Waals surface area contributed by atoms with Gasteiger partial charge in [-0.25, -0.2) is 4.79 Å². The van der Waals surface area contributed by atoms with Gasteiger partial charge in [0.05, 0.1) is 18.2 Å². The van der Waals surface area contributed by atoms with Crippen molar-refractivity contribution < 1.29 is 22.7 Å². The molecule has 1 fully saturated rings. The van der Waals surface area contributed by atoms with Crippen molar-refractivity contribution in [2.75, 3.05) is 6.54 Å². The van der Waals surface area contributed by atoms with Gasteiger partial charge in [-0.15, -0.1) is 0 Å². The van der Waals surface area contributed by atoms with Crippen LogP contribution < -0.4 is 5.32 Å². The van der Waals surface area contributed by atoms with Crippen LogP contribution in [0.2, 0.25) is 0 Å². The number of ether oxygens (including phenoxy) is 1. The Hall–Kier alpha value is -1.76. The fourth-order valence-electron chi connectivity index (χ4n) is 2.49. The monoisotopic (exact) mass is 330 g/mol. The number of alkyl halides is 3. The third-order valence-corrected chi connectivity index (χ3v) is 3.63. The topological polar surface area (TPSA) is 41.6 Å². The second kappa shape index (κ2) is 6.78. The van der Waals surface area contributed by atoms with E-state index in [0.717, 1.165) is 12.1 Å². The molecule has 0 bridgehead atoms. The maximum atomic E-state index is 12.9. The molecule has 1 heterocycles. The van der Waals surface area contributed by atoms with Gasteiger partial charge in [0.25, 0.3) is 0 Å². The van der Waals surface area contributed by atoms with E-state index in [-0.39, 0.29) is 18.2 Å². The second-order valence-corrected chi connectivity index (χ2v) is 5.90. The number of hydrogen-bond donors (Lipinski definition) is 1. The molecular formula is C16H21F3N2O2. The molecule has 1 aliphatic heterocycles. The highest BCUT2D eigenvalue weighted by Crippen LogP contribution is 2.35. The SMILES string of the molecule is CCC1CN(C(=O)NC(C)C)C(c2cccc(C(F)(F)F)c2)O1. The molecule has 0 spiro atoms. The van der Waals surface area contributed by atoms with Gasteiger partial charge in [-0.1, -0.05) is 19.1 Å². The van der Waals surface area contributed by atoms with E-state index >= 15 is 0 Å². The summed E-state index contributed by atoms with van der Waals surface area (Å²) in [5.41, 5.74) is -0.419. The highest BCUT2D eigenvalue weighted by molar-refractivity contribution is 5.75. The number of amides is 2. The molecule has 2 amide bonds. The van der Waals surface area contributed by atoms with E-state index in [1.807, 2.05) is 20.8 Å². The molecule has 23 heavy (non-hydrogen) atoms. The Kier molecular flexibility index (Phi) is 5.19. The zero-order chi connectivity index (χ0) is 17.2. The molecule has 7 heteroatoms. The first kappa shape index (κ1) is 17.6. The summed E-state index contributed by atoms with van der Waals surface area (Å²) in [5, 5.41) is 2.76. The number of halogens is 3. The number of carbonyl (C=O) groups excluding carboxylic acids is 1. The Morgan fingerprint density at radius 2 is 2.13 bits per heavy atom. The third kappa shape index (κ3) is 4.16. The predicted octanol–water partition coefficient (Wildman–Crippen LogP) is 3.93. The summed E-state index contributed by atoms with van der Waals surface area (Å²) >= 11 is 0. The zero-order valence-electron chi connectivity index (χ0n) is 13.4. The summed E-state index contributed by atoms with van der Waals surface area (Å²) in [7, 11) is 0. The fourth-order valence-corrected chi connectivity index (χ4v) is 2.49.